The summed E-state index contributed by atoms with van der Waals surface area (Å²) in [4.78, 5) is 2.36. The lowest BCUT2D eigenvalue weighted by Crippen LogP contribution is -2.28. The number of fused-ring (bicyclic) bond motifs is 6. The predicted octanol–water partition coefficient (Wildman–Crippen LogP) is 14.8. The molecule has 268 valence electrons. The van der Waals surface area contributed by atoms with E-state index in [0.717, 1.165) is 50.1 Å². The third-order valence-electron chi connectivity index (χ3n) is 11.8. The Hall–Kier alpha value is -7.42. The van der Waals surface area contributed by atoms with Crippen molar-refractivity contribution in [3.05, 3.63) is 247 Å². The van der Waals surface area contributed by atoms with E-state index in [-0.39, 0.29) is 0 Å². The van der Waals surface area contributed by atoms with E-state index in [4.69, 9.17) is 4.42 Å². The third-order valence-corrected chi connectivity index (χ3v) is 11.8. The zero-order valence-corrected chi connectivity index (χ0v) is 31.2. The van der Waals surface area contributed by atoms with Crippen molar-refractivity contribution < 1.29 is 4.42 Å². The van der Waals surface area contributed by atoms with Gasteiger partial charge in [0, 0.05) is 27.7 Å². The zero-order chi connectivity index (χ0) is 37.8. The van der Waals surface area contributed by atoms with E-state index in [2.05, 4.69) is 229 Å². The van der Waals surface area contributed by atoms with Crippen LogP contribution in [0.1, 0.15) is 22.3 Å². The molecule has 0 amide bonds. The first-order valence-corrected chi connectivity index (χ1v) is 19.6. The molecule has 0 atom stereocenters. The molecule has 0 radical (unpaired) electrons. The van der Waals surface area contributed by atoms with E-state index in [0.29, 0.717) is 0 Å². The molecule has 9 aromatic carbocycles. The summed E-state index contributed by atoms with van der Waals surface area (Å²) < 4.78 is 6.75. The zero-order valence-electron chi connectivity index (χ0n) is 31.2. The minimum atomic E-state index is -0.480. The summed E-state index contributed by atoms with van der Waals surface area (Å²) in [6.45, 7) is 0. The van der Waals surface area contributed by atoms with Gasteiger partial charge in [0.05, 0.1) is 11.1 Å². The highest BCUT2D eigenvalue weighted by Gasteiger charge is 2.46. The summed E-state index contributed by atoms with van der Waals surface area (Å²) in [5.41, 5.74) is 16.8. The Bertz CT molecular complexity index is 3010. The molecule has 2 nitrogen and oxygen atoms in total. The van der Waals surface area contributed by atoms with E-state index in [1.54, 1.807) is 0 Å². The van der Waals surface area contributed by atoms with Gasteiger partial charge in [-0.05, 0) is 98.6 Å². The lowest BCUT2D eigenvalue weighted by atomic mass is 9.67. The molecule has 1 aromatic heterocycles. The van der Waals surface area contributed by atoms with Gasteiger partial charge in [-0.25, -0.2) is 0 Å². The van der Waals surface area contributed by atoms with Crippen LogP contribution in [0.25, 0.3) is 55.3 Å². The van der Waals surface area contributed by atoms with Crippen LogP contribution < -0.4 is 4.90 Å². The molecular weight excluding hydrogens is 691 g/mol. The molecular formula is C55H37NO. The van der Waals surface area contributed by atoms with Gasteiger partial charge in [-0.3, -0.25) is 0 Å². The van der Waals surface area contributed by atoms with Crippen molar-refractivity contribution in [2.75, 3.05) is 4.90 Å². The maximum atomic E-state index is 6.75. The van der Waals surface area contributed by atoms with Crippen LogP contribution in [0, 0.1) is 0 Å². The predicted molar refractivity (Wildman–Crippen MR) is 237 cm³/mol. The average molecular weight is 728 g/mol. The van der Waals surface area contributed by atoms with E-state index >= 15 is 0 Å². The molecule has 1 heterocycles. The van der Waals surface area contributed by atoms with Crippen LogP contribution >= 0.6 is 0 Å². The van der Waals surface area contributed by atoms with Gasteiger partial charge in [-0.1, -0.05) is 176 Å². The maximum absolute atomic E-state index is 6.75. The van der Waals surface area contributed by atoms with Gasteiger partial charge in [0.1, 0.15) is 11.2 Å². The Kier molecular flexibility index (Phi) is 7.75. The van der Waals surface area contributed by atoms with Gasteiger partial charge in [-0.2, -0.15) is 0 Å². The number of benzene rings is 9. The second-order valence-electron chi connectivity index (χ2n) is 14.8. The molecule has 10 aromatic rings. The monoisotopic (exact) mass is 727 g/mol. The largest absolute Gasteiger partial charge is 0.456 e. The van der Waals surface area contributed by atoms with Crippen LogP contribution in [0.5, 0.6) is 0 Å². The Balaban J connectivity index is 1.05. The molecule has 0 saturated heterocycles. The van der Waals surface area contributed by atoms with Crippen molar-refractivity contribution in [3.63, 3.8) is 0 Å². The molecule has 57 heavy (non-hydrogen) atoms. The summed E-state index contributed by atoms with van der Waals surface area (Å²) in [6.07, 6.45) is 0. The lowest BCUT2D eigenvalue weighted by Gasteiger charge is -2.33. The smallest absolute Gasteiger partial charge is 0.135 e. The minimum Gasteiger partial charge on any atom is -0.456 e. The van der Waals surface area contributed by atoms with Crippen molar-refractivity contribution in [2.45, 2.75) is 5.41 Å². The Morgan fingerprint density at radius 3 is 1.58 bits per heavy atom. The topological polar surface area (TPSA) is 16.4 Å². The second kappa shape index (κ2) is 13.4. The number of nitrogens with zero attached hydrogens (tertiary/aromatic N) is 1. The molecule has 0 N–H and O–H groups in total. The molecule has 0 spiro atoms. The van der Waals surface area contributed by atoms with Gasteiger partial charge in [-0.15, -0.1) is 0 Å². The SMILES string of the molecule is c1ccc(-c2ccc(N(c3ccccc3)c3ccccc3-c3ccc4oc5cc(C6(c7ccccc7)c7ccccc7-c7ccccc76)ccc5c4c3)cc2)cc1. The number of hydrogen-bond acceptors (Lipinski definition) is 2. The quantitative estimate of drug-likeness (QED) is 0.163. The van der Waals surface area contributed by atoms with Crippen molar-refractivity contribution in [3.8, 4) is 33.4 Å². The molecule has 1 aliphatic rings. The first-order chi connectivity index (χ1) is 28.3. The molecule has 0 bridgehead atoms. The van der Waals surface area contributed by atoms with Gasteiger partial charge < -0.3 is 9.32 Å². The first-order valence-electron chi connectivity index (χ1n) is 19.6. The van der Waals surface area contributed by atoms with E-state index < -0.39 is 5.41 Å². The van der Waals surface area contributed by atoms with Gasteiger partial charge in [0.2, 0.25) is 0 Å². The van der Waals surface area contributed by atoms with Crippen molar-refractivity contribution in [2.24, 2.45) is 0 Å². The fraction of sp³-hybridized carbons (Fsp3) is 0.0182. The summed E-state index contributed by atoms with van der Waals surface area (Å²) in [5, 5.41) is 2.20. The van der Waals surface area contributed by atoms with Crippen LogP contribution in [0.3, 0.4) is 0 Å². The highest BCUT2D eigenvalue weighted by molar-refractivity contribution is 6.07. The Labute approximate surface area is 332 Å². The summed E-state index contributed by atoms with van der Waals surface area (Å²) in [5.74, 6) is 0. The van der Waals surface area contributed by atoms with Crippen LogP contribution in [0.15, 0.2) is 229 Å². The normalized spacial score (nSPS) is 12.7. The molecule has 1 aliphatic carbocycles. The number of hydrogen-bond donors (Lipinski definition) is 0. The fourth-order valence-electron chi connectivity index (χ4n) is 9.24. The first kappa shape index (κ1) is 33.0. The Morgan fingerprint density at radius 2 is 0.877 bits per heavy atom. The van der Waals surface area contributed by atoms with Crippen LogP contribution in [-0.2, 0) is 5.41 Å². The van der Waals surface area contributed by atoms with Crippen LogP contribution in [0.2, 0.25) is 0 Å². The highest BCUT2D eigenvalue weighted by Crippen LogP contribution is 2.56. The van der Waals surface area contributed by atoms with Crippen LogP contribution in [0.4, 0.5) is 17.1 Å². The molecule has 0 unspecified atom stereocenters. The Morgan fingerprint density at radius 1 is 0.333 bits per heavy atom. The summed E-state index contributed by atoms with van der Waals surface area (Å²) in [6, 6.07) is 80.9. The van der Waals surface area contributed by atoms with Crippen molar-refractivity contribution in [1.82, 2.24) is 0 Å². The number of para-hydroxylation sites is 2. The second-order valence-corrected chi connectivity index (χ2v) is 14.8. The lowest BCUT2D eigenvalue weighted by molar-refractivity contribution is 0.665. The number of rotatable bonds is 7. The van der Waals surface area contributed by atoms with E-state index in [1.165, 1.54) is 44.5 Å². The van der Waals surface area contributed by atoms with Crippen molar-refractivity contribution in [1.29, 1.82) is 0 Å². The number of furan rings is 1. The summed E-state index contributed by atoms with van der Waals surface area (Å²) in [7, 11) is 0. The van der Waals surface area contributed by atoms with Gasteiger partial charge >= 0.3 is 0 Å². The molecule has 0 aliphatic heterocycles. The van der Waals surface area contributed by atoms with E-state index in [9.17, 15) is 0 Å². The molecule has 2 heteroatoms. The van der Waals surface area contributed by atoms with Gasteiger partial charge in [0.25, 0.3) is 0 Å². The fourth-order valence-corrected chi connectivity index (χ4v) is 9.24. The standard InChI is InChI=1S/C55H37NO/c1-4-16-38(17-5-1)39-28-32-44(33-29-39)56(43-20-8-3-9-21-43)52-27-15-12-22-45(52)40-30-35-53-49(36-40)48-34-31-42(37-54(48)57-53)55(41-18-6-2-7-19-41)50-25-13-10-23-46(50)47-24-11-14-26-51(47)55/h1-37H. The van der Waals surface area contributed by atoms with Crippen molar-refractivity contribution >= 4 is 39.0 Å². The average Bonchev–Trinajstić information content (AvgIpc) is 3.81. The number of anilines is 3. The van der Waals surface area contributed by atoms with Gasteiger partial charge in [0.15, 0.2) is 0 Å². The summed E-state index contributed by atoms with van der Waals surface area (Å²) >= 11 is 0. The third kappa shape index (κ3) is 5.26. The minimum absolute atomic E-state index is 0.480. The van der Waals surface area contributed by atoms with E-state index in [1.807, 2.05) is 0 Å². The van der Waals surface area contributed by atoms with Crippen LogP contribution in [-0.4, -0.2) is 0 Å². The molecule has 0 saturated carbocycles. The maximum Gasteiger partial charge on any atom is 0.135 e. The highest BCUT2D eigenvalue weighted by atomic mass is 16.3. The molecule has 0 fully saturated rings. The molecule has 11 rings (SSSR count).